The minimum Gasteiger partial charge on any atom is -0.448 e. The molecule has 0 aromatic rings. The van der Waals surface area contributed by atoms with E-state index in [1.54, 1.807) is 4.90 Å². The molecule has 90 valence electrons. The second kappa shape index (κ2) is 4.72. The van der Waals surface area contributed by atoms with Crippen LogP contribution in [-0.2, 0) is 9.53 Å². The van der Waals surface area contributed by atoms with Crippen LogP contribution >= 0.6 is 0 Å². The molecule has 2 fully saturated rings. The van der Waals surface area contributed by atoms with Gasteiger partial charge in [0.05, 0.1) is 6.54 Å². The summed E-state index contributed by atoms with van der Waals surface area (Å²) in [6, 6.07) is 0.260. The molecule has 2 heterocycles. The number of hydrogen-bond acceptors (Lipinski definition) is 3. The molecule has 5 heteroatoms. The van der Waals surface area contributed by atoms with Crippen LogP contribution in [0.25, 0.3) is 0 Å². The number of carbonyl (C=O) groups excluding carboxylic acids is 2. The van der Waals surface area contributed by atoms with Gasteiger partial charge in [-0.2, -0.15) is 0 Å². The first-order chi connectivity index (χ1) is 7.72. The number of amides is 2. The van der Waals surface area contributed by atoms with Crippen molar-refractivity contribution in [2.24, 2.45) is 0 Å². The van der Waals surface area contributed by atoms with E-state index >= 15 is 0 Å². The van der Waals surface area contributed by atoms with E-state index in [1.165, 1.54) is 0 Å². The molecule has 0 unspecified atom stereocenters. The molecule has 2 rings (SSSR count). The van der Waals surface area contributed by atoms with Crippen LogP contribution in [0.4, 0.5) is 4.79 Å². The van der Waals surface area contributed by atoms with Crippen LogP contribution in [0, 0.1) is 0 Å². The molecule has 0 bridgehead atoms. The summed E-state index contributed by atoms with van der Waals surface area (Å²) in [7, 11) is 0. The van der Waals surface area contributed by atoms with E-state index in [9.17, 15) is 9.59 Å². The van der Waals surface area contributed by atoms with Gasteiger partial charge in [-0.1, -0.05) is 6.92 Å². The number of nitrogens with zero attached hydrogens (tertiary/aromatic N) is 2. The van der Waals surface area contributed by atoms with Crippen molar-refractivity contribution in [2.75, 3.05) is 26.2 Å². The van der Waals surface area contributed by atoms with Crippen LogP contribution in [0.15, 0.2) is 0 Å². The molecular formula is C11H18N2O3. The van der Waals surface area contributed by atoms with Gasteiger partial charge in [-0.25, -0.2) is 4.79 Å². The van der Waals surface area contributed by atoms with Crippen molar-refractivity contribution in [1.29, 1.82) is 0 Å². The first-order valence-electron chi connectivity index (χ1n) is 5.93. The Morgan fingerprint density at radius 1 is 1.38 bits per heavy atom. The molecule has 0 spiro atoms. The van der Waals surface area contributed by atoms with Crippen molar-refractivity contribution < 1.29 is 14.3 Å². The number of carbonyl (C=O) groups is 2. The fourth-order valence-electron chi connectivity index (χ4n) is 2.39. The lowest BCUT2D eigenvalue weighted by Crippen LogP contribution is -2.46. The van der Waals surface area contributed by atoms with Gasteiger partial charge in [0.1, 0.15) is 6.61 Å². The van der Waals surface area contributed by atoms with E-state index in [2.05, 4.69) is 0 Å². The zero-order valence-electron chi connectivity index (χ0n) is 9.65. The maximum atomic E-state index is 11.5. The predicted octanol–water partition coefficient (Wildman–Crippen LogP) is 0.840. The van der Waals surface area contributed by atoms with E-state index in [0.29, 0.717) is 19.6 Å². The Bertz CT molecular complexity index is 285. The van der Waals surface area contributed by atoms with E-state index < -0.39 is 0 Å². The van der Waals surface area contributed by atoms with Gasteiger partial charge in [0.25, 0.3) is 0 Å². The quantitative estimate of drug-likeness (QED) is 0.701. The summed E-state index contributed by atoms with van der Waals surface area (Å²) in [5, 5.41) is 0. The number of piperidine rings is 1. The average molecular weight is 226 g/mol. The maximum Gasteiger partial charge on any atom is 0.410 e. The van der Waals surface area contributed by atoms with Crippen LogP contribution < -0.4 is 0 Å². The Kier molecular flexibility index (Phi) is 3.31. The second-order valence-corrected chi connectivity index (χ2v) is 4.27. The molecule has 2 aliphatic heterocycles. The number of rotatable bonds is 2. The highest BCUT2D eigenvalue weighted by Crippen LogP contribution is 2.20. The summed E-state index contributed by atoms with van der Waals surface area (Å²) in [5.74, 6) is 0.211. The van der Waals surface area contributed by atoms with Gasteiger partial charge < -0.3 is 14.5 Å². The van der Waals surface area contributed by atoms with Gasteiger partial charge in [0.15, 0.2) is 0 Å². The number of cyclic esters (lactones) is 1. The van der Waals surface area contributed by atoms with Gasteiger partial charge in [0.2, 0.25) is 5.91 Å². The zero-order chi connectivity index (χ0) is 11.5. The molecule has 0 aromatic carbocycles. The van der Waals surface area contributed by atoms with Gasteiger partial charge in [-0.3, -0.25) is 4.79 Å². The highest BCUT2D eigenvalue weighted by Gasteiger charge is 2.32. The standard InChI is InChI=1S/C11H18N2O3/c1-2-10(14)12-5-3-9(4-6-12)13-7-8-16-11(13)15/h9H,2-8H2,1H3. The maximum absolute atomic E-state index is 11.5. The molecular weight excluding hydrogens is 208 g/mol. The number of hydrogen-bond donors (Lipinski definition) is 0. The largest absolute Gasteiger partial charge is 0.448 e. The van der Waals surface area contributed by atoms with Crippen molar-refractivity contribution in [2.45, 2.75) is 32.2 Å². The normalized spacial score (nSPS) is 22.4. The summed E-state index contributed by atoms with van der Waals surface area (Å²) in [4.78, 5) is 26.5. The van der Waals surface area contributed by atoms with Crippen LogP contribution in [0.5, 0.6) is 0 Å². The SMILES string of the molecule is CCC(=O)N1CCC(N2CCOC2=O)CC1. The fourth-order valence-corrected chi connectivity index (χ4v) is 2.39. The Morgan fingerprint density at radius 3 is 2.56 bits per heavy atom. The van der Waals surface area contributed by atoms with Crippen LogP contribution in [0.3, 0.4) is 0 Å². The Balaban J connectivity index is 1.85. The molecule has 5 nitrogen and oxygen atoms in total. The topological polar surface area (TPSA) is 49.9 Å². The van der Waals surface area contributed by atoms with Gasteiger partial charge in [-0.05, 0) is 12.8 Å². The van der Waals surface area contributed by atoms with Crippen molar-refractivity contribution in [3.8, 4) is 0 Å². The van der Waals surface area contributed by atoms with Gasteiger partial charge in [0, 0.05) is 25.6 Å². The molecule has 2 saturated heterocycles. The summed E-state index contributed by atoms with van der Waals surface area (Å²) < 4.78 is 4.92. The Hall–Kier alpha value is -1.26. The molecule has 2 aliphatic rings. The van der Waals surface area contributed by atoms with E-state index in [4.69, 9.17) is 4.74 Å². The molecule has 0 N–H and O–H groups in total. The zero-order valence-corrected chi connectivity index (χ0v) is 9.65. The molecule has 2 amide bonds. The first-order valence-corrected chi connectivity index (χ1v) is 5.93. The van der Waals surface area contributed by atoms with E-state index in [0.717, 1.165) is 25.9 Å². The van der Waals surface area contributed by atoms with Crippen LogP contribution in [0.1, 0.15) is 26.2 Å². The van der Waals surface area contributed by atoms with E-state index in [-0.39, 0.29) is 18.0 Å². The predicted molar refractivity (Wildman–Crippen MR) is 57.9 cm³/mol. The molecule has 0 aliphatic carbocycles. The minimum atomic E-state index is -0.194. The third-order valence-corrected chi connectivity index (χ3v) is 3.35. The van der Waals surface area contributed by atoms with Crippen LogP contribution in [-0.4, -0.2) is 54.1 Å². The monoisotopic (exact) mass is 226 g/mol. The number of likely N-dealkylation sites (tertiary alicyclic amines) is 1. The van der Waals surface area contributed by atoms with Crippen molar-refractivity contribution in [3.63, 3.8) is 0 Å². The molecule has 0 atom stereocenters. The lowest BCUT2D eigenvalue weighted by Gasteiger charge is -2.35. The molecule has 0 saturated carbocycles. The third kappa shape index (κ3) is 2.13. The minimum absolute atomic E-state index is 0.194. The third-order valence-electron chi connectivity index (χ3n) is 3.35. The summed E-state index contributed by atoms with van der Waals surface area (Å²) in [6.07, 6.45) is 2.12. The lowest BCUT2D eigenvalue weighted by atomic mass is 10.0. The lowest BCUT2D eigenvalue weighted by molar-refractivity contribution is -0.132. The molecule has 0 radical (unpaired) electrons. The van der Waals surface area contributed by atoms with Crippen LogP contribution in [0.2, 0.25) is 0 Å². The van der Waals surface area contributed by atoms with Gasteiger partial charge in [-0.15, -0.1) is 0 Å². The fraction of sp³-hybridized carbons (Fsp3) is 0.818. The van der Waals surface area contributed by atoms with E-state index in [1.807, 2.05) is 11.8 Å². The molecule has 0 aromatic heterocycles. The summed E-state index contributed by atoms with van der Waals surface area (Å²) in [6.45, 7) is 4.62. The Labute approximate surface area is 95.3 Å². The Morgan fingerprint density at radius 2 is 2.06 bits per heavy atom. The van der Waals surface area contributed by atoms with Crippen molar-refractivity contribution in [3.05, 3.63) is 0 Å². The summed E-state index contributed by atoms with van der Waals surface area (Å²) >= 11 is 0. The number of ether oxygens (including phenoxy) is 1. The highest BCUT2D eigenvalue weighted by molar-refractivity contribution is 5.76. The average Bonchev–Trinajstić information content (AvgIpc) is 2.75. The first kappa shape index (κ1) is 11.2. The summed E-state index contributed by atoms with van der Waals surface area (Å²) in [5.41, 5.74) is 0. The molecule has 16 heavy (non-hydrogen) atoms. The van der Waals surface area contributed by atoms with Crippen molar-refractivity contribution >= 4 is 12.0 Å². The van der Waals surface area contributed by atoms with Gasteiger partial charge >= 0.3 is 6.09 Å². The second-order valence-electron chi connectivity index (χ2n) is 4.27. The smallest absolute Gasteiger partial charge is 0.410 e. The highest BCUT2D eigenvalue weighted by atomic mass is 16.6. The van der Waals surface area contributed by atoms with Crippen molar-refractivity contribution in [1.82, 2.24) is 9.80 Å².